The maximum atomic E-state index is 13.8. The Bertz CT molecular complexity index is 818. The van der Waals surface area contributed by atoms with Gasteiger partial charge in [-0.2, -0.15) is 8.78 Å². The number of fused-ring (bicyclic) bond motifs is 2. The van der Waals surface area contributed by atoms with Gasteiger partial charge < -0.3 is 9.64 Å². The van der Waals surface area contributed by atoms with Crippen molar-refractivity contribution >= 4 is 23.1 Å². The molecular formula is C17H16ClF2N3O. The fourth-order valence-electron chi connectivity index (χ4n) is 3.28. The lowest BCUT2D eigenvalue weighted by atomic mass is 10.0. The van der Waals surface area contributed by atoms with Crippen molar-refractivity contribution in [2.75, 3.05) is 18.6 Å². The third-order valence-electron chi connectivity index (χ3n) is 4.77. The molecule has 4 rings (SSSR count). The van der Waals surface area contributed by atoms with Crippen molar-refractivity contribution in [1.29, 1.82) is 0 Å². The number of halogens is 3. The van der Waals surface area contributed by atoms with Gasteiger partial charge in [-0.3, -0.25) is 0 Å². The Morgan fingerprint density at radius 1 is 1.29 bits per heavy atom. The number of hydrogen-bond donors (Lipinski definition) is 0. The van der Waals surface area contributed by atoms with E-state index in [9.17, 15) is 8.78 Å². The van der Waals surface area contributed by atoms with E-state index in [0.29, 0.717) is 23.3 Å². The highest BCUT2D eigenvalue weighted by molar-refractivity contribution is 6.29. The van der Waals surface area contributed by atoms with Crippen LogP contribution in [0.1, 0.15) is 31.0 Å². The standard InChI is InChI=1S/C17H16ClF2N3O/c1-16(19,20)13-5-10(24-2)6-15(22-13)23-9-17(3-4-17)11-8-21-14(18)7-12(11)23/h5-8H,3-4,9H2,1-2H3. The van der Waals surface area contributed by atoms with E-state index < -0.39 is 5.92 Å². The molecule has 0 aromatic carbocycles. The van der Waals surface area contributed by atoms with Crippen LogP contribution < -0.4 is 9.64 Å². The Hall–Kier alpha value is -1.95. The zero-order valence-electron chi connectivity index (χ0n) is 13.3. The van der Waals surface area contributed by atoms with Crippen molar-refractivity contribution in [2.24, 2.45) is 0 Å². The summed E-state index contributed by atoms with van der Waals surface area (Å²) in [7, 11) is 1.46. The highest BCUT2D eigenvalue weighted by Gasteiger charge is 2.52. The van der Waals surface area contributed by atoms with E-state index in [-0.39, 0.29) is 11.1 Å². The number of alkyl halides is 2. The van der Waals surface area contributed by atoms with Crippen LogP contribution >= 0.6 is 11.6 Å². The lowest BCUT2D eigenvalue weighted by Gasteiger charge is -2.22. The minimum atomic E-state index is -3.04. The Kier molecular flexibility index (Phi) is 3.26. The summed E-state index contributed by atoms with van der Waals surface area (Å²) in [6.45, 7) is 1.53. The second-order valence-electron chi connectivity index (χ2n) is 6.53. The van der Waals surface area contributed by atoms with Gasteiger partial charge in [0.25, 0.3) is 5.92 Å². The highest BCUT2D eigenvalue weighted by atomic mass is 35.5. The molecule has 4 nitrogen and oxygen atoms in total. The van der Waals surface area contributed by atoms with Crippen LogP contribution in [0.3, 0.4) is 0 Å². The summed E-state index contributed by atoms with van der Waals surface area (Å²) in [6.07, 6.45) is 3.90. The molecular weight excluding hydrogens is 336 g/mol. The SMILES string of the molecule is COc1cc(N2CC3(CC3)c3cnc(Cl)cc32)nc(C(C)(F)F)c1. The van der Waals surface area contributed by atoms with E-state index in [2.05, 4.69) is 9.97 Å². The first kappa shape index (κ1) is 15.6. The van der Waals surface area contributed by atoms with Crippen molar-refractivity contribution in [2.45, 2.75) is 31.1 Å². The molecule has 2 aliphatic rings. The zero-order valence-corrected chi connectivity index (χ0v) is 14.1. The van der Waals surface area contributed by atoms with Gasteiger partial charge in [0.05, 0.1) is 12.8 Å². The molecule has 1 aliphatic heterocycles. The first-order chi connectivity index (χ1) is 11.3. The van der Waals surface area contributed by atoms with Gasteiger partial charge in [0, 0.05) is 42.8 Å². The molecule has 1 spiro atoms. The number of hydrogen-bond acceptors (Lipinski definition) is 4. The van der Waals surface area contributed by atoms with Gasteiger partial charge >= 0.3 is 0 Å². The molecule has 1 saturated carbocycles. The van der Waals surface area contributed by atoms with Gasteiger partial charge in [-0.25, -0.2) is 9.97 Å². The minimum absolute atomic E-state index is 0.0482. The molecule has 0 amide bonds. The van der Waals surface area contributed by atoms with Crippen molar-refractivity contribution < 1.29 is 13.5 Å². The molecule has 0 N–H and O–H groups in total. The lowest BCUT2D eigenvalue weighted by Crippen LogP contribution is -2.21. The predicted octanol–water partition coefficient (Wildman–Crippen LogP) is 4.43. The number of aromatic nitrogens is 2. The normalized spacial score (nSPS) is 18.0. The lowest BCUT2D eigenvalue weighted by molar-refractivity contribution is 0.0126. The molecule has 126 valence electrons. The molecule has 2 aromatic heterocycles. The van der Waals surface area contributed by atoms with Crippen LogP contribution in [0, 0.1) is 0 Å². The van der Waals surface area contributed by atoms with E-state index in [1.807, 2.05) is 4.90 Å². The fourth-order valence-corrected chi connectivity index (χ4v) is 3.43. The van der Waals surface area contributed by atoms with Crippen molar-refractivity contribution in [3.63, 3.8) is 0 Å². The average molecular weight is 352 g/mol. The van der Waals surface area contributed by atoms with Gasteiger partial charge in [-0.05, 0) is 18.9 Å². The average Bonchev–Trinajstić information content (AvgIpc) is 3.24. The van der Waals surface area contributed by atoms with E-state index in [1.165, 1.54) is 13.2 Å². The summed E-state index contributed by atoms with van der Waals surface area (Å²) in [5.41, 5.74) is 1.74. The van der Waals surface area contributed by atoms with Crippen LogP contribution in [0.25, 0.3) is 0 Å². The number of anilines is 2. The first-order valence-corrected chi connectivity index (χ1v) is 8.08. The molecule has 24 heavy (non-hydrogen) atoms. The molecule has 3 heterocycles. The number of rotatable bonds is 3. The van der Waals surface area contributed by atoms with Crippen LogP contribution in [0.4, 0.5) is 20.3 Å². The summed E-state index contributed by atoms with van der Waals surface area (Å²) >= 11 is 6.05. The van der Waals surface area contributed by atoms with E-state index >= 15 is 0 Å². The smallest absolute Gasteiger partial charge is 0.287 e. The molecule has 1 aliphatic carbocycles. The summed E-state index contributed by atoms with van der Waals surface area (Å²) in [4.78, 5) is 10.3. The third-order valence-corrected chi connectivity index (χ3v) is 4.98. The zero-order chi connectivity index (χ0) is 17.1. The second kappa shape index (κ2) is 5.02. The number of ether oxygens (including phenoxy) is 1. The monoisotopic (exact) mass is 351 g/mol. The molecule has 0 radical (unpaired) electrons. The third kappa shape index (κ3) is 2.40. The predicted molar refractivity (Wildman–Crippen MR) is 87.5 cm³/mol. The molecule has 7 heteroatoms. The summed E-state index contributed by atoms with van der Waals surface area (Å²) < 4.78 is 32.8. The van der Waals surface area contributed by atoms with E-state index in [0.717, 1.165) is 31.0 Å². The molecule has 0 saturated heterocycles. The Morgan fingerprint density at radius 3 is 2.67 bits per heavy atom. The largest absolute Gasteiger partial charge is 0.497 e. The Balaban J connectivity index is 1.84. The van der Waals surface area contributed by atoms with Crippen LogP contribution in [-0.2, 0) is 11.3 Å². The maximum Gasteiger partial charge on any atom is 0.287 e. The van der Waals surface area contributed by atoms with Crippen LogP contribution in [0.5, 0.6) is 5.75 Å². The highest BCUT2D eigenvalue weighted by Crippen LogP contribution is 2.58. The van der Waals surface area contributed by atoms with Gasteiger partial charge in [-0.1, -0.05) is 11.6 Å². The Labute approximate surface area is 143 Å². The summed E-state index contributed by atoms with van der Waals surface area (Å²) in [5.74, 6) is -2.24. The fraction of sp³-hybridized carbons (Fsp3) is 0.412. The number of methoxy groups -OCH3 is 1. The molecule has 1 fully saturated rings. The Morgan fingerprint density at radius 2 is 2.04 bits per heavy atom. The maximum absolute atomic E-state index is 13.8. The van der Waals surface area contributed by atoms with Gasteiger partial charge in [0.2, 0.25) is 0 Å². The second-order valence-corrected chi connectivity index (χ2v) is 6.92. The molecule has 2 aromatic rings. The summed E-state index contributed by atoms with van der Waals surface area (Å²) in [6, 6.07) is 4.72. The van der Waals surface area contributed by atoms with Gasteiger partial charge in [0.1, 0.15) is 22.4 Å². The van der Waals surface area contributed by atoms with Crippen molar-refractivity contribution in [3.8, 4) is 5.75 Å². The van der Waals surface area contributed by atoms with E-state index in [1.54, 1.807) is 18.3 Å². The van der Waals surface area contributed by atoms with Crippen LogP contribution in [0.2, 0.25) is 5.15 Å². The quantitative estimate of drug-likeness (QED) is 0.766. The summed E-state index contributed by atoms with van der Waals surface area (Å²) in [5, 5.41) is 0.375. The topological polar surface area (TPSA) is 38.2 Å². The molecule has 0 bridgehead atoms. The van der Waals surface area contributed by atoms with Crippen LogP contribution in [0.15, 0.2) is 24.4 Å². The van der Waals surface area contributed by atoms with Gasteiger partial charge in [-0.15, -0.1) is 0 Å². The van der Waals surface area contributed by atoms with Crippen molar-refractivity contribution in [1.82, 2.24) is 9.97 Å². The minimum Gasteiger partial charge on any atom is -0.497 e. The van der Waals surface area contributed by atoms with Gasteiger partial charge in [0.15, 0.2) is 0 Å². The van der Waals surface area contributed by atoms with Crippen LogP contribution in [-0.4, -0.2) is 23.6 Å². The first-order valence-electron chi connectivity index (χ1n) is 7.70. The molecule has 0 atom stereocenters. The number of pyridine rings is 2. The van der Waals surface area contributed by atoms with E-state index in [4.69, 9.17) is 16.3 Å². The molecule has 0 unspecified atom stereocenters. The number of nitrogens with zero attached hydrogens (tertiary/aromatic N) is 3. The van der Waals surface area contributed by atoms with Crippen molar-refractivity contribution in [3.05, 3.63) is 40.8 Å².